The highest BCUT2D eigenvalue weighted by atomic mass is 19.4. The van der Waals surface area contributed by atoms with Gasteiger partial charge in [0.15, 0.2) is 0 Å². The molecule has 0 aliphatic carbocycles. The second-order valence-corrected chi connectivity index (χ2v) is 4.63. The summed E-state index contributed by atoms with van der Waals surface area (Å²) in [5.74, 6) is 0.229. The minimum Gasteiger partial charge on any atom is -0.355 e. The first-order chi connectivity index (χ1) is 7.70. The molecule has 0 radical (unpaired) electrons. The van der Waals surface area contributed by atoms with E-state index < -0.39 is 18.6 Å². The minimum absolute atomic E-state index is 0.0741. The third kappa shape index (κ3) is 11.5. The van der Waals surface area contributed by atoms with Gasteiger partial charge in [-0.25, -0.2) is 0 Å². The maximum Gasteiger partial charge on any atom is 0.390 e. The molecule has 1 unspecified atom stereocenters. The average Bonchev–Trinajstić information content (AvgIpc) is 2.11. The number of carbonyl (C=O) groups is 1. The maximum absolute atomic E-state index is 12.0. The number of amides is 1. The van der Waals surface area contributed by atoms with Gasteiger partial charge in [-0.1, -0.05) is 13.8 Å². The monoisotopic (exact) mass is 254 g/mol. The average molecular weight is 254 g/mol. The highest BCUT2D eigenvalue weighted by molar-refractivity contribution is 5.77. The number of rotatable bonds is 7. The van der Waals surface area contributed by atoms with Crippen molar-refractivity contribution in [3.05, 3.63) is 0 Å². The molecule has 0 rings (SSSR count). The second kappa shape index (κ2) is 7.53. The van der Waals surface area contributed by atoms with Gasteiger partial charge in [0.2, 0.25) is 5.91 Å². The van der Waals surface area contributed by atoms with Gasteiger partial charge >= 0.3 is 6.18 Å². The molecular formula is C11H21F3N2O. The van der Waals surface area contributed by atoms with Crippen LogP contribution >= 0.6 is 0 Å². The maximum atomic E-state index is 12.0. The summed E-state index contributed by atoms with van der Waals surface area (Å²) in [6.45, 7) is 5.97. The van der Waals surface area contributed by atoms with E-state index in [1.165, 1.54) is 6.92 Å². The van der Waals surface area contributed by atoms with E-state index >= 15 is 0 Å². The lowest BCUT2D eigenvalue weighted by Gasteiger charge is -2.15. The third-order valence-electron chi connectivity index (χ3n) is 2.19. The van der Waals surface area contributed by atoms with Gasteiger partial charge in [0.1, 0.15) is 0 Å². The van der Waals surface area contributed by atoms with Crippen LogP contribution in [0.1, 0.15) is 33.6 Å². The van der Waals surface area contributed by atoms with E-state index in [1.54, 1.807) is 0 Å². The van der Waals surface area contributed by atoms with Crippen molar-refractivity contribution in [3.63, 3.8) is 0 Å². The molecule has 6 heteroatoms. The quantitative estimate of drug-likeness (QED) is 0.730. The van der Waals surface area contributed by atoms with Crippen LogP contribution in [0, 0.1) is 5.92 Å². The topological polar surface area (TPSA) is 41.1 Å². The Kier molecular flexibility index (Phi) is 7.18. The molecule has 0 bridgehead atoms. The molecule has 0 heterocycles. The van der Waals surface area contributed by atoms with Gasteiger partial charge in [0.05, 0.1) is 13.0 Å². The molecule has 0 saturated carbocycles. The summed E-state index contributed by atoms with van der Waals surface area (Å²) in [7, 11) is 0. The molecule has 0 aliphatic heterocycles. The lowest BCUT2D eigenvalue weighted by atomic mass is 10.1. The zero-order valence-corrected chi connectivity index (χ0v) is 10.5. The summed E-state index contributed by atoms with van der Waals surface area (Å²) in [5.41, 5.74) is 0. The van der Waals surface area contributed by atoms with Crippen molar-refractivity contribution in [2.45, 2.75) is 45.8 Å². The number of halogens is 3. The molecule has 2 N–H and O–H groups in total. The molecule has 0 aromatic heterocycles. The fourth-order valence-corrected chi connectivity index (χ4v) is 1.25. The highest BCUT2D eigenvalue weighted by Gasteiger charge is 2.29. The van der Waals surface area contributed by atoms with Crippen molar-refractivity contribution in [2.24, 2.45) is 5.92 Å². The first-order valence-electron chi connectivity index (χ1n) is 5.77. The van der Waals surface area contributed by atoms with E-state index in [0.717, 1.165) is 6.42 Å². The molecule has 102 valence electrons. The van der Waals surface area contributed by atoms with Crippen LogP contribution in [0.2, 0.25) is 0 Å². The van der Waals surface area contributed by atoms with Crippen molar-refractivity contribution < 1.29 is 18.0 Å². The van der Waals surface area contributed by atoms with Gasteiger partial charge in [-0.3, -0.25) is 4.79 Å². The minimum atomic E-state index is -4.19. The fraction of sp³-hybridized carbons (Fsp3) is 0.909. The van der Waals surface area contributed by atoms with E-state index in [4.69, 9.17) is 0 Å². The van der Waals surface area contributed by atoms with Gasteiger partial charge in [-0.05, 0) is 19.3 Å². The first kappa shape index (κ1) is 16.2. The number of hydrogen-bond acceptors (Lipinski definition) is 2. The van der Waals surface area contributed by atoms with Gasteiger partial charge in [0.25, 0.3) is 0 Å². The van der Waals surface area contributed by atoms with E-state index in [0.29, 0.717) is 12.5 Å². The first-order valence-corrected chi connectivity index (χ1v) is 5.77. The molecule has 0 fully saturated rings. The van der Waals surface area contributed by atoms with Gasteiger partial charge < -0.3 is 10.6 Å². The third-order valence-corrected chi connectivity index (χ3v) is 2.19. The van der Waals surface area contributed by atoms with Crippen molar-refractivity contribution >= 4 is 5.91 Å². The Balaban J connectivity index is 3.63. The van der Waals surface area contributed by atoms with Crippen LogP contribution in [0.15, 0.2) is 0 Å². The molecule has 0 saturated heterocycles. The lowest BCUT2D eigenvalue weighted by molar-refractivity contribution is -0.139. The van der Waals surface area contributed by atoms with Crippen LogP contribution in [-0.2, 0) is 4.79 Å². The van der Waals surface area contributed by atoms with Crippen LogP contribution in [0.5, 0.6) is 0 Å². The van der Waals surface area contributed by atoms with Crippen LogP contribution in [0.25, 0.3) is 0 Å². The zero-order chi connectivity index (χ0) is 13.5. The van der Waals surface area contributed by atoms with E-state index in [-0.39, 0.29) is 12.5 Å². The largest absolute Gasteiger partial charge is 0.390 e. The highest BCUT2D eigenvalue weighted by Crippen LogP contribution is 2.20. The normalized spacial score (nSPS) is 13.8. The van der Waals surface area contributed by atoms with Crippen molar-refractivity contribution in [1.82, 2.24) is 10.6 Å². The molecular weight excluding hydrogens is 233 g/mol. The summed E-state index contributed by atoms with van der Waals surface area (Å²) >= 11 is 0. The van der Waals surface area contributed by atoms with Gasteiger partial charge in [-0.2, -0.15) is 13.2 Å². The van der Waals surface area contributed by atoms with Crippen molar-refractivity contribution in [2.75, 3.05) is 13.1 Å². The zero-order valence-electron chi connectivity index (χ0n) is 10.5. The van der Waals surface area contributed by atoms with Crippen molar-refractivity contribution in [1.29, 1.82) is 0 Å². The van der Waals surface area contributed by atoms with Crippen LogP contribution in [0.3, 0.4) is 0 Å². The fourth-order valence-electron chi connectivity index (χ4n) is 1.25. The van der Waals surface area contributed by atoms with Crippen LogP contribution < -0.4 is 10.6 Å². The lowest BCUT2D eigenvalue weighted by Crippen LogP contribution is -2.40. The molecule has 0 aliphatic rings. The number of hydrogen-bond donors (Lipinski definition) is 2. The number of alkyl halides is 3. The molecule has 1 atom stereocenters. The van der Waals surface area contributed by atoms with E-state index in [9.17, 15) is 18.0 Å². The predicted octanol–water partition coefficient (Wildman–Crippen LogP) is 2.08. The summed E-state index contributed by atoms with van der Waals surface area (Å²) in [6, 6.07) is -0.745. The van der Waals surface area contributed by atoms with Crippen molar-refractivity contribution in [3.8, 4) is 0 Å². The summed E-state index contributed by atoms with van der Waals surface area (Å²) in [6.07, 6.45) is -4.25. The smallest absolute Gasteiger partial charge is 0.355 e. The molecule has 0 aromatic carbocycles. The van der Waals surface area contributed by atoms with E-state index in [2.05, 4.69) is 10.6 Å². The van der Waals surface area contributed by atoms with Crippen LogP contribution in [-0.4, -0.2) is 31.2 Å². The molecule has 3 nitrogen and oxygen atoms in total. The Morgan fingerprint density at radius 1 is 1.24 bits per heavy atom. The standard InChI is InChI=1S/C11H21F3N2O/c1-8(2)4-5-15-10(17)7-16-9(3)6-11(12,13)14/h8-9,16H,4-7H2,1-3H3,(H,15,17). The van der Waals surface area contributed by atoms with Gasteiger partial charge in [-0.15, -0.1) is 0 Å². The van der Waals surface area contributed by atoms with Gasteiger partial charge in [0, 0.05) is 12.6 Å². The Morgan fingerprint density at radius 2 is 1.82 bits per heavy atom. The molecule has 17 heavy (non-hydrogen) atoms. The van der Waals surface area contributed by atoms with E-state index in [1.807, 2.05) is 13.8 Å². The summed E-state index contributed by atoms with van der Waals surface area (Å²) < 4.78 is 35.9. The Labute approximate surface area is 100 Å². The van der Waals surface area contributed by atoms with Crippen LogP contribution in [0.4, 0.5) is 13.2 Å². The Hall–Kier alpha value is -0.780. The molecule has 0 spiro atoms. The number of nitrogens with one attached hydrogen (secondary N) is 2. The number of carbonyl (C=O) groups excluding carboxylic acids is 1. The SMILES string of the molecule is CC(C)CCNC(=O)CNC(C)CC(F)(F)F. The Bertz CT molecular complexity index is 229. The second-order valence-electron chi connectivity index (χ2n) is 4.63. The molecule has 0 aromatic rings. The Morgan fingerprint density at radius 3 is 2.29 bits per heavy atom. The molecule has 1 amide bonds. The predicted molar refractivity (Wildman–Crippen MR) is 60.6 cm³/mol. The summed E-state index contributed by atoms with van der Waals surface area (Å²) in [5, 5.41) is 5.19. The summed E-state index contributed by atoms with van der Waals surface area (Å²) in [4.78, 5) is 11.2.